The molecule has 1 aromatic carbocycles. The third kappa shape index (κ3) is 9.58. The Morgan fingerprint density at radius 3 is 2.09 bits per heavy atom. The minimum atomic E-state index is -4.64. The summed E-state index contributed by atoms with van der Waals surface area (Å²) in [5, 5.41) is 19.1. The summed E-state index contributed by atoms with van der Waals surface area (Å²) in [5.41, 5.74) is -2.78. The molecule has 0 saturated carbocycles. The van der Waals surface area contributed by atoms with Crippen molar-refractivity contribution in [1.29, 1.82) is 0 Å². The monoisotopic (exact) mass is 664 g/mol. The second-order valence-electron chi connectivity index (χ2n) is 12.4. The normalized spacial score (nSPS) is 17.5. The van der Waals surface area contributed by atoms with Crippen LogP contribution in [0.1, 0.15) is 64.1 Å². The maximum absolute atomic E-state index is 14.5. The van der Waals surface area contributed by atoms with E-state index in [-0.39, 0.29) is 25.9 Å². The van der Waals surface area contributed by atoms with Crippen LogP contribution < -0.4 is 11.2 Å². The summed E-state index contributed by atoms with van der Waals surface area (Å²) in [6, 6.07) is 8.11. The molecule has 15 heteroatoms. The molecule has 14 nitrogen and oxygen atoms in total. The fourth-order valence-electron chi connectivity index (χ4n) is 4.25. The number of rotatable bonds is 17. The fraction of sp³-hybridized carbons (Fsp3) is 0.516. The predicted molar refractivity (Wildman–Crippen MR) is 165 cm³/mol. The Kier molecular flexibility index (Phi) is 12.1. The highest BCUT2D eigenvalue weighted by molar-refractivity contribution is 7.55. The van der Waals surface area contributed by atoms with E-state index in [4.69, 9.17) is 18.5 Å². The minimum absolute atomic E-state index is 0.103. The van der Waals surface area contributed by atoms with Crippen LogP contribution in [0.5, 0.6) is 0 Å². The third-order valence-corrected chi connectivity index (χ3v) is 9.69. The molecule has 1 aliphatic carbocycles. The summed E-state index contributed by atoms with van der Waals surface area (Å²) in [5.74, 6) is -5.30. The Labute approximate surface area is 265 Å². The first-order valence-electron chi connectivity index (χ1n) is 14.7. The minimum Gasteiger partial charge on any atom is -0.481 e. The van der Waals surface area contributed by atoms with Gasteiger partial charge >= 0.3 is 31.2 Å². The Morgan fingerprint density at radius 2 is 1.54 bits per heavy atom. The first-order chi connectivity index (χ1) is 21.4. The number of ether oxygens (including phenoxy) is 2. The van der Waals surface area contributed by atoms with E-state index in [0.29, 0.717) is 11.1 Å². The van der Waals surface area contributed by atoms with Gasteiger partial charge in [-0.1, -0.05) is 42.5 Å². The molecule has 2 aromatic rings. The van der Waals surface area contributed by atoms with Crippen LogP contribution in [0.2, 0.25) is 0 Å². The van der Waals surface area contributed by atoms with Crippen LogP contribution in [0.3, 0.4) is 0 Å². The van der Waals surface area contributed by atoms with E-state index in [1.807, 2.05) is 0 Å². The van der Waals surface area contributed by atoms with Gasteiger partial charge in [0.25, 0.3) is 11.4 Å². The van der Waals surface area contributed by atoms with Crippen LogP contribution in [0.25, 0.3) is 0 Å². The molecule has 0 fully saturated rings. The van der Waals surface area contributed by atoms with Gasteiger partial charge in [-0.05, 0) is 53.0 Å². The van der Waals surface area contributed by atoms with E-state index >= 15 is 0 Å². The average molecular weight is 665 g/mol. The molecule has 252 valence electrons. The lowest BCUT2D eigenvalue weighted by Crippen LogP contribution is -2.35. The number of hydrogen-bond acceptors (Lipinski definition) is 10. The number of nitrogens with one attached hydrogen (secondary N) is 1. The number of carbonyl (C=O) groups is 3. The number of benzene rings is 1. The van der Waals surface area contributed by atoms with E-state index in [9.17, 15) is 38.8 Å². The number of esters is 1. The van der Waals surface area contributed by atoms with Crippen molar-refractivity contribution >= 4 is 25.5 Å². The van der Waals surface area contributed by atoms with Gasteiger partial charge in [-0.15, -0.1) is 0 Å². The highest BCUT2D eigenvalue weighted by Gasteiger charge is 2.47. The van der Waals surface area contributed by atoms with Gasteiger partial charge in [-0.3, -0.25) is 28.5 Å². The van der Waals surface area contributed by atoms with Crippen LogP contribution >= 0.6 is 7.60 Å². The van der Waals surface area contributed by atoms with E-state index in [0.717, 1.165) is 0 Å². The number of aryl methyl sites for hydroxylation is 1. The molecule has 0 bridgehead atoms. The SMILES string of the molecule is Cc1cn(C2C=CC(OC(C(=O)OCc3ccccc3)P(=O)(OCCC(C)(C)C(=O)O)OCCC(C)(C)C(=O)O)C2)c(=O)[nH]c1=O. The zero-order valence-electron chi connectivity index (χ0n) is 26.5. The zero-order valence-corrected chi connectivity index (χ0v) is 27.4. The summed E-state index contributed by atoms with van der Waals surface area (Å²) in [4.78, 5) is 63.5. The van der Waals surface area contributed by atoms with Crippen molar-refractivity contribution in [2.75, 3.05) is 13.2 Å². The van der Waals surface area contributed by atoms with Crippen molar-refractivity contribution in [2.45, 2.75) is 78.5 Å². The van der Waals surface area contributed by atoms with Crippen LogP contribution in [0, 0.1) is 17.8 Å². The summed E-state index contributed by atoms with van der Waals surface area (Å²) in [6.45, 7) is 6.34. The summed E-state index contributed by atoms with van der Waals surface area (Å²) >= 11 is 0. The molecule has 3 N–H and O–H groups in total. The Morgan fingerprint density at radius 1 is 0.978 bits per heavy atom. The van der Waals surface area contributed by atoms with Gasteiger partial charge in [0.2, 0.25) is 0 Å². The first kappa shape index (κ1) is 36.6. The van der Waals surface area contributed by atoms with E-state index in [1.165, 1.54) is 38.5 Å². The number of hydrogen-bond donors (Lipinski definition) is 3. The van der Waals surface area contributed by atoms with Crippen LogP contribution in [0.15, 0.2) is 58.3 Å². The molecule has 0 amide bonds. The molecule has 3 atom stereocenters. The predicted octanol–water partition coefficient (Wildman–Crippen LogP) is 4.03. The average Bonchev–Trinajstić information content (AvgIpc) is 3.45. The number of allylic oxidation sites excluding steroid dienone is 1. The quantitative estimate of drug-likeness (QED) is 0.125. The van der Waals surface area contributed by atoms with Gasteiger partial charge in [0.1, 0.15) is 6.61 Å². The molecule has 46 heavy (non-hydrogen) atoms. The van der Waals surface area contributed by atoms with Crippen molar-refractivity contribution in [3.05, 3.63) is 80.6 Å². The molecular weight excluding hydrogens is 623 g/mol. The number of aromatic nitrogens is 2. The molecule has 1 aromatic heterocycles. The second kappa shape index (κ2) is 15.2. The highest BCUT2D eigenvalue weighted by Crippen LogP contribution is 2.55. The number of aliphatic carboxylic acids is 2. The molecule has 1 heterocycles. The van der Waals surface area contributed by atoms with E-state index < -0.39 is 78.8 Å². The van der Waals surface area contributed by atoms with Crippen molar-refractivity contribution < 1.29 is 47.7 Å². The van der Waals surface area contributed by atoms with Gasteiger partial charge in [-0.25, -0.2) is 9.59 Å². The Bertz CT molecular complexity index is 1560. The number of carboxylic acid groups (broad SMARTS) is 2. The van der Waals surface area contributed by atoms with Crippen LogP contribution in [-0.4, -0.2) is 62.8 Å². The van der Waals surface area contributed by atoms with Crippen molar-refractivity contribution in [1.82, 2.24) is 9.55 Å². The van der Waals surface area contributed by atoms with E-state index in [2.05, 4.69) is 4.98 Å². The zero-order chi connectivity index (χ0) is 34.3. The molecule has 1 aliphatic rings. The number of H-pyrrole nitrogens is 1. The van der Waals surface area contributed by atoms with Crippen molar-refractivity contribution in [2.24, 2.45) is 10.8 Å². The Hall–Kier alpha value is -3.84. The maximum Gasteiger partial charge on any atom is 0.370 e. The molecular formula is C31H41N2O12P. The third-order valence-electron chi connectivity index (χ3n) is 7.70. The molecule has 0 saturated heterocycles. The number of carboxylic acids is 2. The summed E-state index contributed by atoms with van der Waals surface area (Å²) in [7, 11) is -4.64. The highest BCUT2D eigenvalue weighted by atomic mass is 31.2. The van der Waals surface area contributed by atoms with Gasteiger partial charge in [-0.2, -0.15) is 0 Å². The molecule has 0 radical (unpaired) electrons. The van der Waals surface area contributed by atoms with Gasteiger partial charge < -0.3 is 28.7 Å². The lowest BCUT2D eigenvalue weighted by Gasteiger charge is -2.29. The van der Waals surface area contributed by atoms with Crippen molar-refractivity contribution in [3.8, 4) is 0 Å². The second-order valence-corrected chi connectivity index (χ2v) is 14.4. The number of carbonyl (C=O) groups excluding carboxylic acids is 1. The largest absolute Gasteiger partial charge is 0.481 e. The topological polar surface area (TPSA) is 201 Å². The number of nitrogens with zero attached hydrogens (tertiary/aromatic N) is 1. The van der Waals surface area contributed by atoms with Gasteiger partial charge in [0.15, 0.2) is 0 Å². The summed E-state index contributed by atoms with van der Waals surface area (Å²) < 4.78 is 38.6. The van der Waals surface area contributed by atoms with Crippen molar-refractivity contribution in [3.63, 3.8) is 0 Å². The first-order valence-corrected chi connectivity index (χ1v) is 16.3. The molecule has 3 rings (SSSR count). The Balaban J connectivity index is 1.91. The van der Waals surface area contributed by atoms with Crippen LogP contribution in [0.4, 0.5) is 0 Å². The standard InChI is InChI=1S/C31H41N2O12P/c1-20-18-33(29(40)32-24(20)34)22-11-12-23(17-22)45-26(25(35)42-19-21-9-7-6-8-10-21)46(41,43-15-13-30(2,3)27(36)37)44-16-14-31(4,5)28(38)39/h6-12,18,22-23,26H,13-17,19H2,1-5H3,(H,36,37)(H,38,39)(H,32,34,40). The van der Waals surface area contributed by atoms with E-state index in [1.54, 1.807) is 49.4 Å². The lowest BCUT2D eigenvalue weighted by atomic mass is 9.90. The smallest absolute Gasteiger partial charge is 0.370 e. The fourth-order valence-corrected chi connectivity index (χ4v) is 5.93. The van der Waals surface area contributed by atoms with Gasteiger partial charge in [0, 0.05) is 18.2 Å². The molecule has 3 unspecified atom stereocenters. The van der Waals surface area contributed by atoms with Gasteiger partial charge in [0.05, 0.1) is 36.2 Å². The maximum atomic E-state index is 14.5. The molecule has 0 spiro atoms. The van der Waals surface area contributed by atoms with Crippen LogP contribution in [-0.2, 0) is 44.1 Å². The number of aromatic amines is 1. The lowest BCUT2D eigenvalue weighted by molar-refractivity contribution is -0.156. The summed E-state index contributed by atoms with van der Waals surface area (Å²) in [6.07, 6.45) is 3.57. The molecule has 0 aliphatic heterocycles.